The number of likely N-dealkylation sites (tertiary alicyclic amines) is 1. The van der Waals surface area contributed by atoms with Gasteiger partial charge in [0.05, 0.1) is 6.54 Å². The molecule has 0 aliphatic carbocycles. The highest BCUT2D eigenvalue weighted by Gasteiger charge is 2.30. The maximum atomic E-state index is 4.30. The van der Waals surface area contributed by atoms with E-state index < -0.39 is 0 Å². The van der Waals surface area contributed by atoms with Gasteiger partial charge < -0.3 is 10.6 Å². The molecule has 138 valence electrons. The smallest absolute Gasteiger partial charge is 0.191 e. The summed E-state index contributed by atoms with van der Waals surface area (Å²) in [7, 11) is 3.68. The fourth-order valence-corrected chi connectivity index (χ4v) is 3.01. The van der Waals surface area contributed by atoms with Crippen molar-refractivity contribution in [2.45, 2.75) is 45.7 Å². The molecule has 1 saturated heterocycles. The van der Waals surface area contributed by atoms with E-state index in [1.165, 1.54) is 25.9 Å². The summed E-state index contributed by atoms with van der Waals surface area (Å²) in [5, 5.41) is 10.8. The molecule has 0 spiro atoms. The van der Waals surface area contributed by atoms with Crippen molar-refractivity contribution in [1.29, 1.82) is 0 Å². The fraction of sp³-hybridized carbons (Fsp3) is 0.812. The molecule has 1 aliphatic rings. The van der Waals surface area contributed by atoms with E-state index in [0.29, 0.717) is 6.54 Å². The van der Waals surface area contributed by atoms with Crippen LogP contribution >= 0.6 is 24.0 Å². The first kappa shape index (κ1) is 21.1. The highest BCUT2D eigenvalue weighted by Crippen LogP contribution is 2.23. The molecule has 2 rings (SSSR count). The number of aryl methyl sites for hydroxylation is 1. The van der Waals surface area contributed by atoms with E-state index in [9.17, 15) is 0 Å². The van der Waals surface area contributed by atoms with Gasteiger partial charge in [0.25, 0.3) is 0 Å². The molecule has 1 unspecified atom stereocenters. The fourth-order valence-electron chi connectivity index (χ4n) is 3.01. The molecule has 2 N–H and O–H groups in total. The topological polar surface area (TPSA) is 70.4 Å². The van der Waals surface area contributed by atoms with Crippen LogP contribution in [0.25, 0.3) is 0 Å². The van der Waals surface area contributed by atoms with Gasteiger partial charge in [-0.2, -0.15) is 5.10 Å². The lowest BCUT2D eigenvalue weighted by molar-refractivity contribution is 0.0739. The maximum absolute atomic E-state index is 4.30. The van der Waals surface area contributed by atoms with Gasteiger partial charge in [0.2, 0.25) is 0 Å². The average molecular weight is 449 g/mol. The third-order valence-electron chi connectivity index (χ3n) is 4.64. The number of aliphatic imine (C=N–C) groups is 1. The molecule has 0 aromatic carbocycles. The number of nitrogens with one attached hydrogen (secondary N) is 2. The summed E-state index contributed by atoms with van der Waals surface area (Å²) >= 11 is 0. The Morgan fingerprint density at radius 2 is 2.17 bits per heavy atom. The first-order valence-corrected chi connectivity index (χ1v) is 8.45. The van der Waals surface area contributed by atoms with Crippen LogP contribution in [-0.2, 0) is 13.6 Å². The third kappa shape index (κ3) is 5.87. The zero-order valence-corrected chi connectivity index (χ0v) is 17.9. The summed E-state index contributed by atoms with van der Waals surface area (Å²) in [5.74, 6) is 2.47. The molecule has 0 saturated carbocycles. The highest BCUT2D eigenvalue weighted by atomic mass is 127. The highest BCUT2D eigenvalue weighted by molar-refractivity contribution is 14.0. The van der Waals surface area contributed by atoms with Gasteiger partial charge in [-0.05, 0) is 39.2 Å². The maximum Gasteiger partial charge on any atom is 0.191 e. The van der Waals surface area contributed by atoms with Crippen LogP contribution in [0.3, 0.4) is 0 Å². The van der Waals surface area contributed by atoms with Crippen molar-refractivity contribution in [3.05, 3.63) is 12.2 Å². The van der Waals surface area contributed by atoms with Gasteiger partial charge >= 0.3 is 0 Å². The Morgan fingerprint density at radius 3 is 2.75 bits per heavy atom. The van der Waals surface area contributed by atoms with Crippen LogP contribution in [0.15, 0.2) is 11.3 Å². The van der Waals surface area contributed by atoms with Gasteiger partial charge in [-0.3, -0.25) is 14.6 Å². The Kier molecular flexibility index (Phi) is 8.41. The first-order valence-electron chi connectivity index (χ1n) is 8.45. The van der Waals surface area contributed by atoms with E-state index in [4.69, 9.17) is 0 Å². The Hall–Kier alpha value is -0.900. The Balaban J connectivity index is 0.00000288. The molecule has 1 atom stereocenters. The standard InChI is InChI=1S/C16H31N7.HI/c1-13-7-6-8-23(10-13)16(2,3)11-19-15(17-4)18-9-14-20-12-21-22(14)5;/h12-13H,6-11H2,1-5H3,(H2,17,18,19);1H. The zero-order valence-electron chi connectivity index (χ0n) is 15.5. The lowest BCUT2D eigenvalue weighted by Gasteiger charge is -2.43. The normalized spacial score (nSPS) is 19.7. The number of nitrogens with zero attached hydrogens (tertiary/aromatic N) is 5. The van der Waals surface area contributed by atoms with Gasteiger partial charge in [0.1, 0.15) is 12.2 Å². The van der Waals surface area contributed by atoms with Gasteiger partial charge in [0, 0.05) is 32.7 Å². The minimum absolute atomic E-state index is 0. The molecule has 1 aromatic rings. The quantitative estimate of drug-likeness (QED) is 0.406. The number of rotatable bonds is 5. The Bertz CT molecular complexity index is 526. The van der Waals surface area contributed by atoms with E-state index in [-0.39, 0.29) is 29.5 Å². The number of piperidine rings is 1. The van der Waals surface area contributed by atoms with E-state index in [1.54, 1.807) is 18.1 Å². The molecule has 1 aromatic heterocycles. The molecule has 1 fully saturated rings. The van der Waals surface area contributed by atoms with Crippen LogP contribution < -0.4 is 10.6 Å². The molecule has 0 amide bonds. The monoisotopic (exact) mass is 449 g/mol. The van der Waals surface area contributed by atoms with Crippen LogP contribution in [-0.4, -0.2) is 57.8 Å². The molecule has 24 heavy (non-hydrogen) atoms. The second-order valence-corrected chi connectivity index (χ2v) is 7.09. The van der Waals surface area contributed by atoms with Crippen molar-refractivity contribution in [1.82, 2.24) is 30.3 Å². The van der Waals surface area contributed by atoms with Crippen LogP contribution in [0.5, 0.6) is 0 Å². The molecular formula is C16H32IN7. The SMILES string of the molecule is CN=C(NCc1ncnn1C)NCC(C)(C)N1CCCC(C)C1.I. The number of aromatic nitrogens is 3. The van der Waals surface area contributed by atoms with Gasteiger partial charge in [-0.1, -0.05) is 6.92 Å². The van der Waals surface area contributed by atoms with Crippen molar-refractivity contribution in [2.24, 2.45) is 18.0 Å². The molecular weight excluding hydrogens is 417 g/mol. The second kappa shape index (κ2) is 9.55. The first-order chi connectivity index (χ1) is 10.9. The predicted octanol–water partition coefficient (Wildman–Crippen LogP) is 1.61. The van der Waals surface area contributed by atoms with Crippen molar-refractivity contribution < 1.29 is 0 Å². The minimum Gasteiger partial charge on any atom is -0.355 e. The molecule has 0 bridgehead atoms. The van der Waals surface area contributed by atoms with E-state index in [1.807, 2.05) is 7.05 Å². The number of hydrogen-bond donors (Lipinski definition) is 2. The van der Waals surface area contributed by atoms with Crippen molar-refractivity contribution >= 4 is 29.9 Å². The summed E-state index contributed by atoms with van der Waals surface area (Å²) in [4.78, 5) is 11.1. The lowest BCUT2D eigenvalue weighted by Crippen LogP contribution is -2.55. The summed E-state index contributed by atoms with van der Waals surface area (Å²) in [6, 6.07) is 0. The zero-order chi connectivity index (χ0) is 16.9. The number of halogens is 1. The Morgan fingerprint density at radius 1 is 1.42 bits per heavy atom. The average Bonchev–Trinajstić information content (AvgIpc) is 2.93. The van der Waals surface area contributed by atoms with E-state index in [0.717, 1.165) is 24.2 Å². The molecule has 2 heterocycles. The van der Waals surface area contributed by atoms with Crippen LogP contribution in [0.4, 0.5) is 0 Å². The molecule has 0 radical (unpaired) electrons. The second-order valence-electron chi connectivity index (χ2n) is 7.09. The van der Waals surface area contributed by atoms with Crippen LogP contribution in [0.2, 0.25) is 0 Å². The number of guanidine groups is 1. The lowest BCUT2D eigenvalue weighted by atomic mass is 9.93. The molecule has 1 aliphatic heterocycles. The summed E-state index contributed by atoms with van der Waals surface area (Å²) < 4.78 is 1.76. The van der Waals surface area contributed by atoms with E-state index >= 15 is 0 Å². The summed E-state index contributed by atoms with van der Waals surface area (Å²) in [6.07, 6.45) is 4.21. The van der Waals surface area contributed by atoms with Crippen molar-refractivity contribution in [3.8, 4) is 0 Å². The van der Waals surface area contributed by atoms with Gasteiger partial charge in [-0.15, -0.1) is 24.0 Å². The third-order valence-corrected chi connectivity index (χ3v) is 4.64. The van der Waals surface area contributed by atoms with Crippen LogP contribution in [0, 0.1) is 5.92 Å². The molecule has 8 heteroatoms. The van der Waals surface area contributed by atoms with Crippen molar-refractivity contribution in [2.75, 3.05) is 26.7 Å². The minimum atomic E-state index is 0. The predicted molar refractivity (Wildman–Crippen MR) is 109 cm³/mol. The van der Waals surface area contributed by atoms with Gasteiger partial charge in [0.15, 0.2) is 5.96 Å². The Labute approximate surface area is 162 Å². The van der Waals surface area contributed by atoms with Gasteiger partial charge in [-0.25, -0.2) is 4.98 Å². The summed E-state index contributed by atoms with van der Waals surface area (Å²) in [6.45, 7) is 10.8. The summed E-state index contributed by atoms with van der Waals surface area (Å²) in [5.41, 5.74) is 0.108. The van der Waals surface area contributed by atoms with E-state index in [2.05, 4.69) is 51.4 Å². The van der Waals surface area contributed by atoms with Crippen molar-refractivity contribution in [3.63, 3.8) is 0 Å². The molecule has 7 nitrogen and oxygen atoms in total. The number of hydrogen-bond acceptors (Lipinski definition) is 4. The largest absolute Gasteiger partial charge is 0.355 e. The van der Waals surface area contributed by atoms with Crippen LogP contribution in [0.1, 0.15) is 39.4 Å².